The van der Waals surface area contributed by atoms with Gasteiger partial charge in [0, 0.05) is 5.56 Å². The van der Waals surface area contributed by atoms with Gasteiger partial charge in [-0.1, -0.05) is 24.3 Å². The van der Waals surface area contributed by atoms with E-state index in [2.05, 4.69) is 9.93 Å². The number of nitrogens with zero attached hydrogens (tertiary/aromatic N) is 1. The summed E-state index contributed by atoms with van der Waals surface area (Å²) in [5, 5.41) is 3.81. The molecule has 1 N–H and O–H groups in total. The first-order valence-corrected chi connectivity index (χ1v) is 8.46. The van der Waals surface area contributed by atoms with E-state index >= 15 is 0 Å². The van der Waals surface area contributed by atoms with Crippen LogP contribution in [0.25, 0.3) is 0 Å². The molecule has 0 saturated heterocycles. The van der Waals surface area contributed by atoms with Crippen LogP contribution >= 0.6 is 0 Å². The van der Waals surface area contributed by atoms with Crippen LogP contribution in [-0.2, 0) is 10.0 Å². The molecule has 0 aliphatic heterocycles. The molecule has 2 aromatic carbocycles. The third-order valence-electron chi connectivity index (χ3n) is 2.95. The lowest BCUT2D eigenvalue weighted by Gasteiger charge is -2.11. The minimum Gasteiger partial charge on any atom is -0.493 e. The van der Waals surface area contributed by atoms with Crippen LogP contribution in [0.3, 0.4) is 0 Å². The summed E-state index contributed by atoms with van der Waals surface area (Å²) in [5.41, 5.74) is 0.613. The highest BCUT2D eigenvalue weighted by molar-refractivity contribution is 7.89. The first kappa shape index (κ1) is 16.8. The van der Waals surface area contributed by atoms with Crippen LogP contribution in [0, 0.1) is 0 Å². The van der Waals surface area contributed by atoms with Crippen LogP contribution < -0.4 is 14.3 Å². The molecule has 2 rings (SSSR count). The van der Waals surface area contributed by atoms with Gasteiger partial charge in [0.2, 0.25) is 0 Å². The highest BCUT2D eigenvalue weighted by atomic mass is 32.2. The number of ether oxygens (including phenoxy) is 2. The summed E-state index contributed by atoms with van der Waals surface area (Å²) in [4.78, 5) is 2.32. The molecule has 122 valence electrons. The molecule has 7 heteroatoms. The van der Waals surface area contributed by atoms with Crippen LogP contribution in [-0.4, -0.2) is 28.3 Å². The number of hydrogen-bond donors (Lipinski definition) is 1. The zero-order valence-electron chi connectivity index (χ0n) is 12.9. The third-order valence-corrected chi connectivity index (χ3v) is 4.19. The fraction of sp³-hybridized carbons (Fsp3) is 0.188. The average Bonchev–Trinajstić information content (AvgIpc) is 2.57. The second kappa shape index (κ2) is 7.64. The Kier molecular flexibility index (Phi) is 5.59. The Hall–Kier alpha value is -2.54. The lowest BCUT2D eigenvalue weighted by Crippen LogP contribution is -2.18. The van der Waals surface area contributed by atoms with E-state index in [0.29, 0.717) is 23.7 Å². The fourth-order valence-electron chi connectivity index (χ4n) is 1.91. The first-order chi connectivity index (χ1) is 11.1. The molecule has 0 atom stereocenters. The Bertz CT molecular complexity index is 774. The molecule has 0 bridgehead atoms. The summed E-state index contributed by atoms with van der Waals surface area (Å²) in [6, 6.07) is 13.3. The molecule has 0 radical (unpaired) electrons. The highest BCUT2D eigenvalue weighted by Crippen LogP contribution is 2.29. The minimum atomic E-state index is -3.69. The quantitative estimate of drug-likeness (QED) is 0.623. The SMILES string of the molecule is CCOc1c(/C=N/NS(=O)(=O)c2ccccc2)cccc1OC. The maximum absolute atomic E-state index is 12.1. The molecule has 0 unspecified atom stereocenters. The van der Waals surface area contributed by atoms with Crippen molar-refractivity contribution in [3.8, 4) is 11.5 Å². The summed E-state index contributed by atoms with van der Waals surface area (Å²) >= 11 is 0. The van der Waals surface area contributed by atoms with Crippen LogP contribution in [0.4, 0.5) is 0 Å². The van der Waals surface area contributed by atoms with Gasteiger partial charge in [-0.05, 0) is 31.2 Å². The topological polar surface area (TPSA) is 77.0 Å². The molecule has 23 heavy (non-hydrogen) atoms. The van der Waals surface area contributed by atoms with E-state index in [4.69, 9.17) is 9.47 Å². The maximum Gasteiger partial charge on any atom is 0.276 e. The second-order valence-corrected chi connectivity index (χ2v) is 6.14. The van der Waals surface area contributed by atoms with Crippen molar-refractivity contribution in [2.45, 2.75) is 11.8 Å². The number of rotatable bonds is 7. The maximum atomic E-state index is 12.1. The number of hydrazone groups is 1. The van der Waals surface area contributed by atoms with Gasteiger partial charge in [-0.25, -0.2) is 4.83 Å². The van der Waals surface area contributed by atoms with Crippen molar-refractivity contribution in [3.63, 3.8) is 0 Å². The van der Waals surface area contributed by atoms with Gasteiger partial charge in [0.25, 0.3) is 10.0 Å². The molecule has 0 spiro atoms. The molecule has 0 aliphatic carbocycles. The molecular weight excluding hydrogens is 316 g/mol. The molecule has 0 aliphatic rings. The Morgan fingerprint density at radius 2 is 1.87 bits per heavy atom. The van der Waals surface area contributed by atoms with Gasteiger partial charge < -0.3 is 9.47 Å². The van der Waals surface area contributed by atoms with Gasteiger partial charge in [-0.15, -0.1) is 0 Å². The van der Waals surface area contributed by atoms with Gasteiger partial charge in [0.05, 0.1) is 24.8 Å². The van der Waals surface area contributed by atoms with Crippen molar-refractivity contribution in [1.29, 1.82) is 0 Å². The van der Waals surface area contributed by atoms with Crippen LogP contribution in [0.2, 0.25) is 0 Å². The Balaban J connectivity index is 2.21. The van der Waals surface area contributed by atoms with Crippen molar-refractivity contribution in [2.75, 3.05) is 13.7 Å². The highest BCUT2D eigenvalue weighted by Gasteiger charge is 2.12. The summed E-state index contributed by atoms with van der Waals surface area (Å²) in [7, 11) is -2.15. The van der Waals surface area contributed by atoms with Gasteiger partial charge in [0.15, 0.2) is 11.5 Å². The monoisotopic (exact) mass is 334 g/mol. The lowest BCUT2D eigenvalue weighted by atomic mass is 10.2. The van der Waals surface area contributed by atoms with Crippen molar-refractivity contribution >= 4 is 16.2 Å². The van der Waals surface area contributed by atoms with E-state index in [1.807, 2.05) is 6.92 Å². The number of nitrogens with one attached hydrogen (secondary N) is 1. The van der Waals surface area contributed by atoms with E-state index in [9.17, 15) is 8.42 Å². The van der Waals surface area contributed by atoms with E-state index < -0.39 is 10.0 Å². The molecule has 0 heterocycles. The van der Waals surface area contributed by atoms with Gasteiger partial charge >= 0.3 is 0 Å². The molecule has 0 fully saturated rings. The fourth-order valence-corrected chi connectivity index (χ4v) is 2.72. The molecule has 0 saturated carbocycles. The van der Waals surface area contributed by atoms with Gasteiger partial charge in [-0.3, -0.25) is 0 Å². The molecule has 0 aromatic heterocycles. The summed E-state index contributed by atoms with van der Waals surface area (Å²) in [6.45, 7) is 2.31. The zero-order chi connectivity index (χ0) is 16.7. The number of benzene rings is 2. The predicted octanol–water partition coefficient (Wildman–Crippen LogP) is 2.41. The number of methoxy groups -OCH3 is 1. The second-order valence-electron chi connectivity index (χ2n) is 4.48. The summed E-state index contributed by atoms with van der Waals surface area (Å²) in [6.07, 6.45) is 1.38. The van der Waals surface area contributed by atoms with Crippen molar-refractivity contribution in [1.82, 2.24) is 4.83 Å². The van der Waals surface area contributed by atoms with E-state index in [-0.39, 0.29) is 4.90 Å². The Morgan fingerprint density at radius 1 is 1.13 bits per heavy atom. The summed E-state index contributed by atoms with van der Waals surface area (Å²) in [5.74, 6) is 1.07. The molecular formula is C16H18N2O4S. The van der Waals surface area contributed by atoms with E-state index in [1.165, 1.54) is 25.5 Å². The normalized spacial score (nSPS) is 11.4. The minimum absolute atomic E-state index is 0.146. The van der Waals surface area contributed by atoms with Crippen LogP contribution in [0.5, 0.6) is 11.5 Å². The van der Waals surface area contributed by atoms with Crippen molar-refractivity contribution in [2.24, 2.45) is 5.10 Å². The third kappa shape index (κ3) is 4.23. The number of hydrogen-bond acceptors (Lipinski definition) is 5. The van der Waals surface area contributed by atoms with E-state index in [0.717, 1.165) is 0 Å². The standard InChI is InChI=1S/C16H18N2O4S/c1-3-22-16-13(8-7-11-15(16)21-2)12-17-18-23(19,20)14-9-5-4-6-10-14/h4-12,18H,3H2,1-2H3/b17-12+. The number of para-hydroxylation sites is 1. The Morgan fingerprint density at radius 3 is 2.52 bits per heavy atom. The first-order valence-electron chi connectivity index (χ1n) is 6.98. The smallest absolute Gasteiger partial charge is 0.276 e. The average molecular weight is 334 g/mol. The lowest BCUT2D eigenvalue weighted by molar-refractivity contribution is 0.310. The molecule has 2 aromatic rings. The molecule has 6 nitrogen and oxygen atoms in total. The molecule has 0 amide bonds. The predicted molar refractivity (Wildman–Crippen MR) is 88.5 cm³/mol. The van der Waals surface area contributed by atoms with Crippen LogP contribution in [0.1, 0.15) is 12.5 Å². The van der Waals surface area contributed by atoms with Gasteiger partial charge in [0.1, 0.15) is 0 Å². The van der Waals surface area contributed by atoms with Crippen molar-refractivity contribution in [3.05, 3.63) is 54.1 Å². The number of sulfonamides is 1. The Labute approximate surface area is 135 Å². The van der Waals surface area contributed by atoms with Crippen molar-refractivity contribution < 1.29 is 17.9 Å². The summed E-state index contributed by atoms with van der Waals surface area (Å²) < 4.78 is 34.9. The van der Waals surface area contributed by atoms with Crippen LogP contribution in [0.15, 0.2) is 58.5 Å². The van der Waals surface area contributed by atoms with Gasteiger partial charge in [-0.2, -0.15) is 13.5 Å². The zero-order valence-corrected chi connectivity index (χ0v) is 13.7. The van der Waals surface area contributed by atoms with E-state index in [1.54, 1.807) is 36.4 Å². The largest absolute Gasteiger partial charge is 0.493 e.